The first kappa shape index (κ1) is 16.6. The number of hydrogen-bond acceptors (Lipinski definition) is 6. The van der Waals surface area contributed by atoms with Crippen LogP contribution in [-0.2, 0) is 11.3 Å². The molecule has 1 aliphatic heterocycles. The Morgan fingerprint density at radius 1 is 1.54 bits per heavy atom. The van der Waals surface area contributed by atoms with Crippen LogP contribution in [0.3, 0.4) is 0 Å². The van der Waals surface area contributed by atoms with E-state index in [4.69, 9.17) is 4.52 Å². The summed E-state index contributed by atoms with van der Waals surface area (Å²) in [4.78, 5) is 18.9. The summed E-state index contributed by atoms with van der Waals surface area (Å²) in [5, 5.41) is 10.9. The predicted molar refractivity (Wildman–Crippen MR) is 88.3 cm³/mol. The number of amides is 1. The van der Waals surface area contributed by atoms with Crippen LogP contribution in [-0.4, -0.2) is 49.9 Å². The van der Waals surface area contributed by atoms with Gasteiger partial charge in [0.05, 0.1) is 6.04 Å². The molecule has 8 heteroatoms. The highest BCUT2D eigenvalue weighted by Gasteiger charge is 2.30. The third kappa shape index (κ3) is 4.00. The Morgan fingerprint density at radius 2 is 2.42 bits per heavy atom. The van der Waals surface area contributed by atoms with Crippen LogP contribution in [0.2, 0.25) is 0 Å². The highest BCUT2D eigenvalue weighted by Crippen LogP contribution is 2.22. The van der Waals surface area contributed by atoms with Crippen LogP contribution in [0.1, 0.15) is 31.9 Å². The average molecular weight is 332 g/mol. The Kier molecular flexibility index (Phi) is 5.24. The lowest BCUT2D eigenvalue weighted by atomic mass is 9.96. The fourth-order valence-electron chi connectivity index (χ4n) is 3.37. The number of rotatable bonds is 6. The highest BCUT2D eigenvalue weighted by molar-refractivity contribution is 5.93. The SMILES string of the molecule is CC[C@H](C(=O)Nc1cc(C)on1)N1CCC[C@@H](Cn2cncn2)C1. The number of carbonyl (C=O) groups excluding carboxylic acids is 1. The van der Waals surface area contributed by atoms with Gasteiger partial charge >= 0.3 is 0 Å². The minimum absolute atomic E-state index is 0.0211. The monoisotopic (exact) mass is 332 g/mol. The molecule has 24 heavy (non-hydrogen) atoms. The van der Waals surface area contributed by atoms with E-state index in [-0.39, 0.29) is 11.9 Å². The van der Waals surface area contributed by atoms with Crippen LogP contribution in [0, 0.1) is 12.8 Å². The molecule has 1 saturated heterocycles. The largest absolute Gasteiger partial charge is 0.360 e. The standard InChI is InChI=1S/C16H24N6O2/c1-3-14(16(23)19-15-7-12(2)24-20-15)21-6-4-5-13(8-21)9-22-11-17-10-18-22/h7,10-11,13-14H,3-6,8-9H2,1-2H3,(H,19,20,23)/t13-,14-/m1/s1. The second-order valence-corrected chi connectivity index (χ2v) is 6.36. The van der Waals surface area contributed by atoms with Crippen molar-refractivity contribution in [2.45, 2.75) is 45.7 Å². The van der Waals surface area contributed by atoms with Crippen molar-refractivity contribution in [2.24, 2.45) is 5.92 Å². The van der Waals surface area contributed by atoms with Crippen molar-refractivity contribution >= 4 is 11.7 Å². The third-order valence-corrected chi connectivity index (χ3v) is 4.47. The predicted octanol–water partition coefficient (Wildman–Crippen LogP) is 1.70. The summed E-state index contributed by atoms with van der Waals surface area (Å²) in [5.74, 6) is 1.63. The van der Waals surface area contributed by atoms with Crippen molar-refractivity contribution in [1.29, 1.82) is 0 Å². The van der Waals surface area contributed by atoms with Crippen LogP contribution >= 0.6 is 0 Å². The number of aromatic nitrogens is 4. The molecule has 3 rings (SSSR count). The van der Waals surface area contributed by atoms with Crippen molar-refractivity contribution in [3.05, 3.63) is 24.5 Å². The molecule has 1 fully saturated rings. The summed E-state index contributed by atoms with van der Waals surface area (Å²) in [7, 11) is 0. The number of likely N-dealkylation sites (tertiary alicyclic amines) is 1. The Hall–Kier alpha value is -2.22. The van der Waals surface area contributed by atoms with Gasteiger partial charge < -0.3 is 9.84 Å². The maximum atomic E-state index is 12.6. The number of nitrogens with zero attached hydrogens (tertiary/aromatic N) is 5. The lowest BCUT2D eigenvalue weighted by Gasteiger charge is -2.37. The Labute approximate surface area is 141 Å². The van der Waals surface area contributed by atoms with E-state index in [1.54, 1.807) is 25.6 Å². The molecule has 2 aromatic heterocycles. The first-order valence-electron chi connectivity index (χ1n) is 8.46. The number of nitrogens with one attached hydrogen (secondary N) is 1. The van der Waals surface area contributed by atoms with Gasteiger partial charge in [0.2, 0.25) is 5.91 Å². The van der Waals surface area contributed by atoms with Crippen LogP contribution in [0.4, 0.5) is 5.82 Å². The molecule has 0 aromatic carbocycles. The van der Waals surface area contributed by atoms with Gasteiger partial charge in [-0.15, -0.1) is 0 Å². The van der Waals surface area contributed by atoms with Gasteiger partial charge in [-0.1, -0.05) is 12.1 Å². The summed E-state index contributed by atoms with van der Waals surface area (Å²) >= 11 is 0. The van der Waals surface area contributed by atoms with Gasteiger partial charge in [0.15, 0.2) is 5.82 Å². The Balaban J connectivity index is 1.60. The second kappa shape index (κ2) is 7.57. The third-order valence-electron chi connectivity index (χ3n) is 4.47. The quantitative estimate of drug-likeness (QED) is 0.866. The molecule has 1 N–H and O–H groups in total. The maximum Gasteiger partial charge on any atom is 0.242 e. The van der Waals surface area contributed by atoms with E-state index in [1.807, 2.05) is 11.6 Å². The van der Waals surface area contributed by atoms with Crippen LogP contribution < -0.4 is 5.32 Å². The lowest BCUT2D eigenvalue weighted by molar-refractivity contribution is -0.122. The molecule has 130 valence electrons. The smallest absolute Gasteiger partial charge is 0.242 e. The van der Waals surface area contributed by atoms with Gasteiger partial charge in [0, 0.05) is 19.2 Å². The fourth-order valence-corrected chi connectivity index (χ4v) is 3.37. The van der Waals surface area contributed by atoms with Gasteiger partial charge in [-0.2, -0.15) is 5.10 Å². The normalized spacial score (nSPS) is 20.0. The first-order valence-corrected chi connectivity index (χ1v) is 8.46. The van der Waals surface area contributed by atoms with Gasteiger partial charge in [-0.05, 0) is 38.6 Å². The van der Waals surface area contributed by atoms with E-state index in [0.29, 0.717) is 17.5 Å². The topological polar surface area (TPSA) is 89.1 Å². The summed E-state index contributed by atoms with van der Waals surface area (Å²) in [6.07, 6.45) is 6.31. The molecule has 8 nitrogen and oxygen atoms in total. The van der Waals surface area contributed by atoms with Gasteiger partial charge in [-0.25, -0.2) is 4.98 Å². The van der Waals surface area contributed by atoms with E-state index in [1.165, 1.54) is 0 Å². The number of hydrogen-bond donors (Lipinski definition) is 1. The molecule has 0 unspecified atom stereocenters. The minimum atomic E-state index is -0.152. The molecule has 0 bridgehead atoms. The average Bonchev–Trinajstić information content (AvgIpc) is 3.20. The van der Waals surface area contributed by atoms with Crippen molar-refractivity contribution < 1.29 is 9.32 Å². The van der Waals surface area contributed by atoms with Crippen LogP contribution in [0.5, 0.6) is 0 Å². The van der Waals surface area contributed by atoms with Gasteiger partial charge in [0.25, 0.3) is 0 Å². The second-order valence-electron chi connectivity index (χ2n) is 6.36. The number of carbonyl (C=O) groups is 1. The molecule has 0 saturated carbocycles. The molecular weight excluding hydrogens is 308 g/mol. The zero-order chi connectivity index (χ0) is 16.9. The molecule has 0 aliphatic carbocycles. The minimum Gasteiger partial charge on any atom is -0.360 e. The van der Waals surface area contributed by atoms with E-state index >= 15 is 0 Å². The molecule has 1 aliphatic rings. The van der Waals surface area contributed by atoms with Crippen LogP contribution in [0.15, 0.2) is 23.2 Å². The lowest BCUT2D eigenvalue weighted by Crippen LogP contribution is -2.49. The zero-order valence-electron chi connectivity index (χ0n) is 14.2. The number of anilines is 1. The van der Waals surface area contributed by atoms with E-state index in [2.05, 4.69) is 25.5 Å². The van der Waals surface area contributed by atoms with Gasteiger partial charge in [0.1, 0.15) is 18.4 Å². The van der Waals surface area contributed by atoms with Crippen molar-refractivity contribution in [3.63, 3.8) is 0 Å². The summed E-state index contributed by atoms with van der Waals surface area (Å²) in [6, 6.07) is 1.58. The molecule has 0 radical (unpaired) electrons. The fraction of sp³-hybridized carbons (Fsp3) is 0.625. The van der Waals surface area contributed by atoms with Gasteiger partial charge in [-0.3, -0.25) is 14.4 Å². The molecule has 0 spiro atoms. The van der Waals surface area contributed by atoms with Crippen molar-refractivity contribution in [1.82, 2.24) is 24.8 Å². The van der Waals surface area contributed by atoms with E-state index < -0.39 is 0 Å². The molecular formula is C16H24N6O2. The van der Waals surface area contributed by atoms with Crippen molar-refractivity contribution in [2.75, 3.05) is 18.4 Å². The molecule has 2 aromatic rings. The van der Waals surface area contributed by atoms with Crippen molar-refractivity contribution in [3.8, 4) is 0 Å². The zero-order valence-corrected chi connectivity index (χ0v) is 14.2. The number of aryl methyl sites for hydroxylation is 1. The van der Waals surface area contributed by atoms with E-state index in [0.717, 1.165) is 38.9 Å². The molecule has 1 amide bonds. The Bertz CT molecular complexity index is 653. The summed E-state index contributed by atoms with van der Waals surface area (Å²) < 4.78 is 6.87. The summed E-state index contributed by atoms with van der Waals surface area (Å²) in [6.45, 7) is 6.52. The Morgan fingerprint density at radius 3 is 3.08 bits per heavy atom. The molecule has 2 atom stereocenters. The summed E-state index contributed by atoms with van der Waals surface area (Å²) in [5.41, 5.74) is 0. The van der Waals surface area contributed by atoms with Crippen LogP contribution in [0.25, 0.3) is 0 Å². The first-order chi connectivity index (χ1) is 11.7. The highest BCUT2D eigenvalue weighted by atomic mass is 16.5. The number of piperidine rings is 1. The maximum absolute atomic E-state index is 12.6. The van der Waals surface area contributed by atoms with E-state index in [9.17, 15) is 4.79 Å². The molecule has 3 heterocycles.